The number of nitrogens with one attached hydrogen (secondary N) is 2. The molecule has 14 nitrogen and oxygen atoms in total. The third kappa shape index (κ3) is 11.3. The summed E-state index contributed by atoms with van der Waals surface area (Å²) >= 11 is 1.50. The fraction of sp³-hybridized carbons (Fsp3) is 0.500. The summed E-state index contributed by atoms with van der Waals surface area (Å²) in [5.74, 6) is -1.66. The Morgan fingerprint density at radius 3 is 2.15 bits per heavy atom. The molecule has 6 atom stereocenters. The van der Waals surface area contributed by atoms with Crippen LogP contribution >= 0.6 is 11.8 Å². The molecule has 360 valence electrons. The maximum atomic E-state index is 13.8. The van der Waals surface area contributed by atoms with Crippen molar-refractivity contribution in [3.63, 3.8) is 0 Å². The first-order valence-corrected chi connectivity index (χ1v) is 24.3. The summed E-state index contributed by atoms with van der Waals surface area (Å²) in [6.45, 7) is 25.1. The van der Waals surface area contributed by atoms with Crippen LogP contribution in [0.15, 0.2) is 30.8 Å². The van der Waals surface area contributed by atoms with Gasteiger partial charge in [-0.05, 0) is 129 Å². The van der Waals surface area contributed by atoms with Crippen LogP contribution in [0.5, 0.6) is 0 Å². The normalized spacial score (nSPS) is 19.9. The van der Waals surface area contributed by atoms with Gasteiger partial charge in [-0.2, -0.15) is 0 Å². The van der Waals surface area contributed by atoms with Crippen LogP contribution in [-0.4, -0.2) is 104 Å². The first-order chi connectivity index (χ1) is 31.7. The number of esters is 3. The number of amides is 1. The van der Waals surface area contributed by atoms with Gasteiger partial charge in [-0.25, -0.2) is 9.97 Å². The first kappa shape index (κ1) is 50.9. The minimum Gasteiger partial charge on any atom is -0.462 e. The predicted molar refractivity (Wildman–Crippen MR) is 267 cm³/mol. The number of hydrogen-bond donors (Lipinski definition) is 3. The lowest BCUT2D eigenvalue weighted by Crippen LogP contribution is -2.57. The Hall–Kier alpha value is -5.51. The molecule has 3 aromatic rings. The third-order valence-electron chi connectivity index (χ3n) is 13.2. The molecule has 67 heavy (non-hydrogen) atoms. The molecule has 3 aliphatic rings. The molecule has 6 rings (SSSR count). The average molecular weight is 937 g/mol. The molecule has 1 saturated heterocycles. The predicted octanol–water partition coefficient (Wildman–Crippen LogP) is 9.27. The smallest absolute Gasteiger partial charge is 0.323 e. The van der Waals surface area contributed by atoms with E-state index in [4.69, 9.17) is 34.6 Å². The summed E-state index contributed by atoms with van der Waals surface area (Å²) in [6.07, 6.45) is 1.42. The largest absolute Gasteiger partial charge is 0.462 e. The van der Waals surface area contributed by atoms with Crippen molar-refractivity contribution in [3.05, 3.63) is 75.9 Å². The number of H-pyrrole nitrogens is 2. The minimum absolute atomic E-state index is 0.00747. The molecule has 0 saturated carbocycles. The third-order valence-corrected chi connectivity index (χ3v) is 14.6. The summed E-state index contributed by atoms with van der Waals surface area (Å²) in [5.41, 5.74) is 21.5. The van der Waals surface area contributed by atoms with Gasteiger partial charge < -0.3 is 39.5 Å². The number of carbonyl (C=O) groups is 4. The zero-order valence-electron chi connectivity index (χ0n) is 41.2. The van der Waals surface area contributed by atoms with Crippen molar-refractivity contribution in [2.24, 2.45) is 17.6 Å². The second-order valence-electron chi connectivity index (χ2n) is 18.3. The Bertz CT molecular complexity index is 2660. The van der Waals surface area contributed by atoms with Gasteiger partial charge in [0.2, 0.25) is 5.91 Å². The van der Waals surface area contributed by atoms with E-state index < -0.39 is 47.7 Å². The quantitative estimate of drug-likeness (QED) is 0.0702. The molecule has 6 heterocycles. The highest BCUT2D eigenvalue weighted by atomic mass is 32.2. The average Bonchev–Trinajstić information content (AvgIpc) is 3.98. The topological polar surface area (TPSA) is 192 Å². The van der Waals surface area contributed by atoms with Gasteiger partial charge in [0.15, 0.2) is 6.10 Å². The highest BCUT2D eigenvalue weighted by Crippen LogP contribution is 2.39. The molecule has 4 N–H and O–H groups in total. The summed E-state index contributed by atoms with van der Waals surface area (Å²) < 4.78 is 23.2. The fourth-order valence-corrected chi connectivity index (χ4v) is 10.2. The SMILES string of the molecule is C=Cc1c(C)c2cc3nc(c(C)c4cc(C)c(cc5nc(cc1[nH]2)C(C)=C5CC)[nH]4)C(CCC(=O)N(C)CCCS[C@@H]1O[C@H](COC(=O)[C@@H](N)C(C)C)[C@@H](OC(C)=O)[C@H](OC(C)=O)[C@H]1C)=C3C. The van der Waals surface area contributed by atoms with E-state index in [0.717, 1.165) is 90.2 Å². The molecule has 1 amide bonds. The van der Waals surface area contributed by atoms with Gasteiger partial charge >= 0.3 is 17.9 Å². The summed E-state index contributed by atoms with van der Waals surface area (Å²) in [4.78, 5) is 70.4. The number of nitrogens with zero attached hydrogens (tertiary/aromatic N) is 3. The van der Waals surface area contributed by atoms with E-state index in [0.29, 0.717) is 25.1 Å². The molecule has 15 heteroatoms. The molecule has 0 unspecified atom stereocenters. The van der Waals surface area contributed by atoms with Gasteiger partial charge in [0, 0.05) is 67.4 Å². The van der Waals surface area contributed by atoms with E-state index in [2.05, 4.69) is 82.4 Å². The molecule has 0 aliphatic carbocycles. The van der Waals surface area contributed by atoms with Crippen molar-refractivity contribution in [1.29, 1.82) is 0 Å². The minimum atomic E-state index is -1.00. The van der Waals surface area contributed by atoms with E-state index in [9.17, 15) is 19.2 Å². The Labute approximate surface area is 398 Å². The van der Waals surface area contributed by atoms with E-state index in [1.165, 1.54) is 31.2 Å². The number of rotatable bonds is 16. The molecule has 3 aromatic heterocycles. The van der Waals surface area contributed by atoms with Crippen LogP contribution in [0.3, 0.4) is 0 Å². The zero-order chi connectivity index (χ0) is 49.0. The maximum absolute atomic E-state index is 13.8. The maximum Gasteiger partial charge on any atom is 0.323 e. The Balaban J connectivity index is 1.20. The number of allylic oxidation sites excluding steroid dienone is 4. The van der Waals surface area contributed by atoms with Crippen molar-refractivity contribution in [2.45, 2.75) is 132 Å². The van der Waals surface area contributed by atoms with Crippen LogP contribution in [0.2, 0.25) is 0 Å². The van der Waals surface area contributed by atoms with Gasteiger partial charge in [0.1, 0.15) is 30.3 Å². The van der Waals surface area contributed by atoms with E-state index in [1.54, 1.807) is 4.90 Å². The number of aryl methyl sites for hydroxylation is 3. The van der Waals surface area contributed by atoms with Crippen LogP contribution in [0.1, 0.15) is 126 Å². The Morgan fingerprint density at radius 2 is 1.49 bits per heavy atom. The van der Waals surface area contributed by atoms with Crippen molar-refractivity contribution in [2.75, 3.05) is 26.0 Å². The number of thioether (sulfide) groups is 1. The number of carbonyl (C=O) groups excluding carboxylic acids is 4. The summed E-state index contributed by atoms with van der Waals surface area (Å²) in [5, 5.41) is 0. The Morgan fingerprint density at radius 1 is 0.881 bits per heavy atom. The van der Waals surface area contributed by atoms with Crippen LogP contribution in [0.25, 0.3) is 50.4 Å². The highest BCUT2D eigenvalue weighted by molar-refractivity contribution is 7.99. The van der Waals surface area contributed by atoms with Gasteiger partial charge in [0.05, 0.1) is 22.8 Å². The number of nitrogens with two attached hydrogens (primary N) is 1. The number of aromatic amines is 2. The van der Waals surface area contributed by atoms with Crippen LogP contribution in [0, 0.1) is 32.6 Å². The lowest BCUT2D eigenvalue weighted by molar-refractivity contribution is -0.218. The van der Waals surface area contributed by atoms with E-state index in [1.807, 2.05) is 33.9 Å². The van der Waals surface area contributed by atoms with Crippen LogP contribution in [-0.2, 0) is 38.1 Å². The summed E-state index contributed by atoms with van der Waals surface area (Å²) in [6, 6.07) is 7.67. The fourth-order valence-electron chi connectivity index (χ4n) is 8.98. The standard InChI is InChI=1S/C52H68N6O8S/c1-14-35-29(7)41-24-44-36(15-2)28(6)40(55-44)23-42-30(8)37(48(57-42)31(9)39-21-27(5)38(54-39)22-43(35)56-41)17-18-46(61)58(13)19-16-20-67-52-32(10)49(64-33(11)59)50(65-34(12)60)45(66-52)25-63-51(62)47(53)26(3)4/h15,21-24,26,32,45,47,49-50,52,54-55H,2,14,16-20,25,53H2,1,3-13H3/t32-,45-,47+,49-,50-,52+/m1/s1. The van der Waals surface area contributed by atoms with E-state index in [-0.39, 0.29) is 30.8 Å². The molecular weight excluding hydrogens is 869 g/mol. The van der Waals surface area contributed by atoms with Crippen LogP contribution in [0.4, 0.5) is 0 Å². The lowest BCUT2D eigenvalue weighted by Gasteiger charge is -2.44. The molecule has 8 bridgehead atoms. The number of ether oxygens (including phenoxy) is 4. The van der Waals surface area contributed by atoms with Gasteiger partial charge in [0.25, 0.3) is 0 Å². The second kappa shape index (κ2) is 21.6. The van der Waals surface area contributed by atoms with Crippen LogP contribution < -0.4 is 5.73 Å². The van der Waals surface area contributed by atoms with Gasteiger partial charge in [-0.1, -0.05) is 40.3 Å². The van der Waals surface area contributed by atoms with Crippen molar-refractivity contribution >= 4 is 86.0 Å². The monoisotopic (exact) mass is 936 g/mol. The van der Waals surface area contributed by atoms with E-state index >= 15 is 0 Å². The zero-order valence-corrected chi connectivity index (χ0v) is 42.0. The van der Waals surface area contributed by atoms with Crippen molar-refractivity contribution in [3.8, 4) is 0 Å². The lowest BCUT2D eigenvalue weighted by atomic mass is 9.93. The molecule has 0 aromatic carbocycles. The first-order valence-electron chi connectivity index (χ1n) is 23.3. The molecule has 0 spiro atoms. The van der Waals surface area contributed by atoms with Gasteiger partial charge in [-0.15, -0.1) is 11.8 Å². The molecular formula is C52H68N6O8S. The molecule has 3 aliphatic heterocycles. The number of fused-ring (bicyclic) bond motifs is 8. The van der Waals surface area contributed by atoms with Gasteiger partial charge in [-0.3, -0.25) is 19.2 Å². The molecule has 0 radical (unpaired) electrons. The van der Waals surface area contributed by atoms with Crippen molar-refractivity contribution in [1.82, 2.24) is 24.8 Å². The Kier molecular flexibility index (Phi) is 16.4. The highest BCUT2D eigenvalue weighted by Gasteiger charge is 2.48. The van der Waals surface area contributed by atoms with Crippen molar-refractivity contribution < 1.29 is 38.1 Å². The number of hydrogen-bond acceptors (Lipinski definition) is 12. The second-order valence-corrected chi connectivity index (χ2v) is 19.5. The summed E-state index contributed by atoms with van der Waals surface area (Å²) in [7, 11) is 1.81. The molecule has 1 fully saturated rings. The number of aromatic nitrogens is 4.